The predicted molar refractivity (Wildman–Crippen MR) is 134 cm³/mol. The molecule has 1 aromatic carbocycles. The zero-order chi connectivity index (χ0) is 27.9. The molecule has 0 bridgehead atoms. The lowest BCUT2D eigenvalue weighted by molar-refractivity contribution is -0.230. The summed E-state index contributed by atoms with van der Waals surface area (Å²) in [7, 11) is -4.70. The molecule has 0 aliphatic carbocycles. The van der Waals surface area contributed by atoms with Crippen LogP contribution in [-0.2, 0) is 23.3 Å². The zero-order valence-corrected chi connectivity index (χ0v) is 22.2. The molecule has 0 spiro atoms. The molecule has 0 unspecified atom stereocenters. The summed E-state index contributed by atoms with van der Waals surface area (Å²) in [5.41, 5.74) is 0.353. The summed E-state index contributed by atoms with van der Waals surface area (Å²) in [4.78, 5) is 22.3. The Morgan fingerprint density at radius 3 is 2.69 bits per heavy atom. The van der Waals surface area contributed by atoms with Crippen LogP contribution in [0.4, 0.5) is 10.1 Å². The number of hydrogen-bond donors (Lipinski definition) is 5. The van der Waals surface area contributed by atoms with E-state index >= 15 is 0 Å². The smallest absolute Gasteiger partial charge is 0.385 e. The number of ether oxygens (including phenoxy) is 3. The minimum atomic E-state index is -4.70. The maximum atomic E-state index is 14.3. The van der Waals surface area contributed by atoms with Gasteiger partial charge < -0.3 is 39.5 Å². The molecule has 0 saturated carbocycles. The first kappa shape index (κ1) is 28.3. The molecule has 2 aliphatic rings. The molecule has 16 heteroatoms. The van der Waals surface area contributed by atoms with E-state index in [2.05, 4.69) is 19.9 Å². The van der Waals surface area contributed by atoms with Crippen LogP contribution >= 0.6 is 19.4 Å². The third-order valence-electron chi connectivity index (χ3n) is 6.62. The highest BCUT2D eigenvalue weighted by Gasteiger charge is 2.48. The standard InChI is InChI=1S/C23H27ClFN4O9P/c1-12(13-4-2-3-5-15(13)25)27-16-6-17(24)28-20-14(16)7-26-29(20)21-18(30)19(31)22(38-21)36-10-23(8-35-9-23)11-37-39(32,33)34/h2-7,12,18-19,21-22,30-31H,8-11H2,1H3,(H,27,28)(H2,32,33,34)/t12-,18+,19-,21+,22-/m0/s1. The molecule has 3 aromatic rings. The van der Waals surface area contributed by atoms with Gasteiger partial charge >= 0.3 is 7.82 Å². The largest absolute Gasteiger partial charge is 0.469 e. The van der Waals surface area contributed by atoms with Crippen LogP contribution in [0.2, 0.25) is 5.15 Å². The molecule has 39 heavy (non-hydrogen) atoms. The Kier molecular flexibility index (Phi) is 7.97. The lowest BCUT2D eigenvalue weighted by Crippen LogP contribution is -2.51. The molecular weight excluding hydrogens is 562 g/mol. The van der Waals surface area contributed by atoms with Crippen molar-refractivity contribution in [1.29, 1.82) is 0 Å². The second-order valence-electron chi connectivity index (χ2n) is 9.65. The average Bonchev–Trinajstić information content (AvgIpc) is 3.38. The number of phosphoric ester groups is 1. The number of phosphoric acid groups is 1. The number of rotatable bonds is 10. The first-order valence-electron chi connectivity index (χ1n) is 11.9. The Bertz CT molecular complexity index is 1390. The number of anilines is 1. The van der Waals surface area contributed by atoms with Crippen molar-refractivity contribution >= 4 is 36.1 Å². The first-order valence-corrected chi connectivity index (χ1v) is 13.8. The molecular formula is C23H27ClFN4O9P. The van der Waals surface area contributed by atoms with E-state index in [-0.39, 0.29) is 43.0 Å². The second kappa shape index (κ2) is 11.0. The van der Waals surface area contributed by atoms with Gasteiger partial charge in [-0.15, -0.1) is 0 Å². The summed E-state index contributed by atoms with van der Waals surface area (Å²) >= 11 is 6.27. The molecule has 2 saturated heterocycles. The van der Waals surface area contributed by atoms with E-state index in [4.69, 9.17) is 35.6 Å². The van der Waals surface area contributed by atoms with Crippen LogP contribution < -0.4 is 5.32 Å². The molecule has 5 atom stereocenters. The van der Waals surface area contributed by atoms with Gasteiger partial charge in [-0.25, -0.2) is 18.6 Å². The molecule has 13 nitrogen and oxygen atoms in total. The van der Waals surface area contributed by atoms with E-state index in [0.29, 0.717) is 16.6 Å². The van der Waals surface area contributed by atoms with Gasteiger partial charge in [0.1, 0.15) is 23.2 Å². The number of hydrogen-bond acceptors (Lipinski definition) is 10. The fraction of sp³-hybridized carbons (Fsp3) is 0.478. The fourth-order valence-electron chi connectivity index (χ4n) is 4.48. The maximum absolute atomic E-state index is 14.3. The van der Waals surface area contributed by atoms with E-state index in [1.54, 1.807) is 31.2 Å². The Balaban J connectivity index is 1.33. The van der Waals surface area contributed by atoms with Crippen LogP contribution in [0.5, 0.6) is 0 Å². The number of benzene rings is 1. The maximum Gasteiger partial charge on any atom is 0.469 e. The van der Waals surface area contributed by atoms with Crippen molar-refractivity contribution < 1.29 is 47.7 Å². The fourth-order valence-corrected chi connectivity index (χ4v) is 5.11. The lowest BCUT2D eigenvalue weighted by Gasteiger charge is -2.41. The lowest BCUT2D eigenvalue weighted by atomic mass is 9.88. The Labute approximate surface area is 226 Å². The Hall–Kier alpha value is -2.23. The van der Waals surface area contributed by atoms with Crippen molar-refractivity contribution in [2.45, 2.75) is 37.7 Å². The van der Waals surface area contributed by atoms with Crippen molar-refractivity contribution in [3.63, 3.8) is 0 Å². The predicted octanol–water partition coefficient (Wildman–Crippen LogP) is 2.12. The van der Waals surface area contributed by atoms with Gasteiger partial charge in [0.25, 0.3) is 0 Å². The Morgan fingerprint density at radius 1 is 1.28 bits per heavy atom. The summed E-state index contributed by atoms with van der Waals surface area (Å²) in [6.45, 7) is 1.57. The number of aliphatic hydroxyl groups is 2. The van der Waals surface area contributed by atoms with Gasteiger partial charge in [0.05, 0.1) is 55.2 Å². The quantitative estimate of drug-likeness (QED) is 0.172. The van der Waals surface area contributed by atoms with E-state index < -0.39 is 44.0 Å². The van der Waals surface area contributed by atoms with Gasteiger partial charge in [-0.1, -0.05) is 29.8 Å². The van der Waals surface area contributed by atoms with Crippen LogP contribution in [0, 0.1) is 11.2 Å². The normalized spacial score (nSPS) is 25.5. The number of halogens is 2. The number of pyridine rings is 1. The first-order chi connectivity index (χ1) is 18.5. The van der Waals surface area contributed by atoms with Crippen LogP contribution in [0.3, 0.4) is 0 Å². The van der Waals surface area contributed by atoms with Crippen molar-refractivity contribution in [3.05, 3.63) is 53.1 Å². The van der Waals surface area contributed by atoms with Crippen molar-refractivity contribution in [2.75, 3.05) is 31.7 Å². The van der Waals surface area contributed by atoms with Gasteiger partial charge in [0, 0.05) is 5.56 Å². The van der Waals surface area contributed by atoms with E-state index in [1.807, 2.05) is 0 Å². The summed E-state index contributed by atoms with van der Waals surface area (Å²) in [6, 6.07) is 7.51. The van der Waals surface area contributed by atoms with Crippen LogP contribution in [-0.4, -0.2) is 79.7 Å². The van der Waals surface area contributed by atoms with Crippen LogP contribution in [0.15, 0.2) is 36.5 Å². The van der Waals surface area contributed by atoms with Crippen molar-refractivity contribution in [2.24, 2.45) is 5.41 Å². The summed E-state index contributed by atoms with van der Waals surface area (Å²) in [5.74, 6) is -0.365. The van der Waals surface area contributed by atoms with Crippen molar-refractivity contribution in [1.82, 2.24) is 14.8 Å². The molecule has 0 amide bonds. The van der Waals surface area contributed by atoms with Crippen molar-refractivity contribution in [3.8, 4) is 0 Å². The molecule has 5 rings (SSSR count). The Morgan fingerprint density at radius 2 is 2.03 bits per heavy atom. The molecule has 2 aromatic heterocycles. The number of aliphatic hydroxyl groups excluding tert-OH is 2. The average molecular weight is 589 g/mol. The van der Waals surface area contributed by atoms with E-state index in [0.717, 1.165) is 0 Å². The molecule has 212 valence electrons. The molecule has 5 N–H and O–H groups in total. The van der Waals surface area contributed by atoms with E-state index in [1.165, 1.54) is 16.9 Å². The highest BCUT2D eigenvalue weighted by atomic mass is 35.5. The van der Waals surface area contributed by atoms with Crippen LogP contribution in [0.25, 0.3) is 11.0 Å². The number of aromatic nitrogens is 3. The van der Waals surface area contributed by atoms with Gasteiger partial charge in [0.2, 0.25) is 0 Å². The van der Waals surface area contributed by atoms with Gasteiger partial charge in [-0.05, 0) is 19.1 Å². The monoisotopic (exact) mass is 588 g/mol. The van der Waals surface area contributed by atoms with Gasteiger partial charge in [-0.2, -0.15) is 5.10 Å². The topological polar surface area (TPSA) is 178 Å². The number of fused-ring (bicyclic) bond motifs is 1. The van der Waals surface area contributed by atoms with Gasteiger partial charge in [0.15, 0.2) is 18.2 Å². The third kappa shape index (κ3) is 5.95. The number of nitrogens with zero attached hydrogens (tertiary/aromatic N) is 3. The third-order valence-corrected chi connectivity index (χ3v) is 7.28. The minimum Gasteiger partial charge on any atom is -0.385 e. The molecule has 2 fully saturated rings. The SMILES string of the molecule is C[C@H](Nc1cc(Cl)nc2c1cnn2[C@@H]1O[C@H](OCC2(COP(=O)(O)O)COC2)[C@@H](O)[C@H]1O)c1ccccc1F. The number of nitrogens with one attached hydrogen (secondary N) is 1. The molecule has 4 heterocycles. The second-order valence-corrected chi connectivity index (χ2v) is 11.3. The molecule has 0 radical (unpaired) electrons. The summed E-state index contributed by atoms with van der Waals surface area (Å²) in [6.07, 6.45) is -3.97. The molecule has 2 aliphatic heterocycles. The van der Waals surface area contributed by atoms with E-state index in [9.17, 15) is 19.2 Å². The highest BCUT2D eigenvalue weighted by Crippen LogP contribution is 2.41. The summed E-state index contributed by atoms with van der Waals surface area (Å²) in [5, 5.41) is 29.5. The van der Waals surface area contributed by atoms with Gasteiger partial charge in [-0.3, -0.25) is 4.52 Å². The zero-order valence-electron chi connectivity index (χ0n) is 20.6. The summed E-state index contributed by atoms with van der Waals surface area (Å²) < 4.78 is 47.9. The minimum absolute atomic E-state index is 0.102. The van der Waals surface area contributed by atoms with Crippen LogP contribution in [0.1, 0.15) is 24.8 Å². The highest BCUT2D eigenvalue weighted by molar-refractivity contribution is 7.46.